The summed E-state index contributed by atoms with van der Waals surface area (Å²) < 4.78 is 0. The van der Waals surface area contributed by atoms with E-state index in [4.69, 9.17) is 0 Å². The van der Waals surface area contributed by atoms with E-state index >= 15 is 0 Å². The van der Waals surface area contributed by atoms with E-state index in [0.29, 0.717) is 17.6 Å². The van der Waals surface area contributed by atoms with Crippen molar-refractivity contribution in [1.29, 1.82) is 0 Å². The van der Waals surface area contributed by atoms with Gasteiger partial charge in [-0.05, 0) is 37.3 Å². The minimum absolute atomic E-state index is 0.417. The third-order valence-electron chi connectivity index (χ3n) is 3.90. The van der Waals surface area contributed by atoms with Gasteiger partial charge in [0.05, 0.1) is 0 Å². The SMILES string of the molecule is Oc1ccc(C2C=CCC2)cc1C1C=CCC1. The van der Waals surface area contributed by atoms with Crippen molar-refractivity contribution in [3.05, 3.63) is 53.6 Å². The minimum Gasteiger partial charge on any atom is -0.508 e. The van der Waals surface area contributed by atoms with Crippen LogP contribution in [0, 0.1) is 0 Å². The van der Waals surface area contributed by atoms with Crippen LogP contribution in [0.3, 0.4) is 0 Å². The Hall–Kier alpha value is -1.50. The average Bonchev–Trinajstić information content (AvgIpc) is 3.03. The number of hydrogen-bond donors (Lipinski definition) is 1. The first-order chi connectivity index (χ1) is 8.34. The molecule has 2 unspecified atom stereocenters. The molecule has 0 aromatic heterocycles. The summed E-state index contributed by atoms with van der Waals surface area (Å²) in [4.78, 5) is 0. The molecule has 2 aliphatic carbocycles. The number of phenolic OH excluding ortho intramolecular Hbond substituents is 1. The molecule has 2 aliphatic rings. The average molecular weight is 226 g/mol. The van der Waals surface area contributed by atoms with E-state index < -0.39 is 0 Å². The van der Waals surface area contributed by atoms with Gasteiger partial charge in [0.2, 0.25) is 0 Å². The molecule has 0 heterocycles. The van der Waals surface area contributed by atoms with Crippen molar-refractivity contribution in [3.63, 3.8) is 0 Å². The highest BCUT2D eigenvalue weighted by Crippen LogP contribution is 2.37. The van der Waals surface area contributed by atoms with Crippen molar-refractivity contribution in [2.75, 3.05) is 0 Å². The topological polar surface area (TPSA) is 20.2 Å². The number of benzene rings is 1. The van der Waals surface area contributed by atoms with Crippen molar-refractivity contribution in [1.82, 2.24) is 0 Å². The molecule has 1 heteroatoms. The largest absolute Gasteiger partial charge is 0.508 e. The van der Waals surface area contributed by atoms with Crippen molar-refractivity contribution >= 4 is 0 Å². The zero-order valence-corrected chi connectivity index (χ0v) is 9.97. The van der Waals surface area contributed by atoms with Crippen LogP contribution >= 0.6 is 0 Å². The molecule has 1 nitrogen and oxygen atoms in total. The summed E-state index contributed by atoms with van der Waals surface area (Å²) in [6.45, 7) is 0. The standard InChI is InChI=1S/C16H18O/c17-16-10-9-14(12-5-1-2-6-12)11-15(16)13-7-3-4-8-13/h1,3,5,7,9-13,17H,2,4,6,8H2. The molecule has 0 fully saturated rings. The number of aromatic hydroxyl groups is 1. The van der Waals surface area contributed by atoms with Gasteiger partial charge in [-0.3, -0.25) is 0 Å². The molecule has 0 radical (unpaired) electrons. The Balaban J connectivity index is 1.94. The van der Waals surface area contributed by atoms with Crippen LogP contribution in [-0.4, -0.2) is 5.11 Å². The quantitative estimate of drug-likeness (QED) is 0.747. The van der Waals surface area contributed by atoms with Crippen LogP contribution in [0.15, 0.2) is 42.5 Å². The molecule has 0 amide bonds. The first kappa shape index (κ1) is 10.6. The number of allylic oxidation sites excluding steroid dienone is 4. The maximum absolute atomic E-state index is 9.99. The highest BCUT2D eigenvalue weighted by molar-refractivity contribution is 5.43. The molecule has 2 atom stereocenters. The first-order valence-corrected chi connectivity index (χ1v) is 6.51. The summed E-state index contributed by atoms with van der Waals surface area (Å²) in [6.07, 6.45) is 13.7. The van der Waals surface area contributed by atoms with E-state index in [2.05, 4.69) is 36.4 Å². The normalized spacial score (nSPS) is 26.8. The van der Waals surface area contributed by atoms with Crippen molar-refractivity contribution in [3.8, 4) is 5.75 Å². The first-order valence-electron chi connectivity index (χ1n) is 6.51. The van der Waals surface area contributed by atoms with Crippen LogP contribution in [-0.2, 0) is 0 Å². The molecule has 1 N–H and O–H groups in total. The summed E-state index contributed by atoms with van der Waals surface area (Å²) in [5, 5.41) is 9.99. The second kappa shape index (κ2) is 4.40. The summed E-state index contributed by atoms with van der Waals surface area (Å²) >= 11 is 0. The lowest BCUT2D eigenvalue weighted by atomic mass is 9.91. The Morgan fingerprint density at radius 2 is 1.65 bits per heavy atom. The van der Waals surface area contributed by atoms with Gasteiger partial charge in [-0.25, -0.2) is 0 Å². The molecule has 3 rings (SSSR count). The second-order valence-corrected chi connectivity index (χ2v) is 5.04. The predicted octanol–water partition coefficient (Wildman–Crippen LogP) is 4.26. The van der Waals surface area contributed by atoms with Crippen molar-refractivity contribution < 1.29 is 5.11 Å². The Bertz CT molecular complexity index is 470. The van der Waals surface area contributed by atoms with E-state index in [1.807, 2.05) is 6.07 Å². The van der Waals surface area contributed by atoms with Gasteiger partial charge in [0, 0.05) is 17.4 Å². The molecule has 0 saturated carbocycles. The number of rotatable bonds is 2. The Morgan fingerprint density at radius 1 is 0.941 bits per heavy atom. The van der Waals surface area contributed by atoms with E-state index in [1.165, 1.54) is 18.4 Å². The molecule has 1 aromatic carbocycles. The molecule has 0 aliphatic heterocycles. The monoisotopic (exact) mass is 226 g/mol. The number of phenols is 1. The lowest BCUT2D eigenvalue weighted by Crippen LogP contribution is -1.97. The lowest BCUT2D eigenvalue weighted by Gasteiger charge is -2.15. The Morgan fingerprint density at radius 3 is 2.29 bits per heavy atom. The molecular formula is C16H18O. The fourth-order valence-corrected chi connectivity index (χ4v) is 2.90. The van der Waals surface area contributed by atoms with Crippen molar-refractivity contribution in [2.45, 2.75) is 37.5 Å². The van der Waals surface area contributed by atoms with E-state index in [1.54, 1.807) is 0 Å². The summed E-state index contributed by atoms with van der Waals surface area (Å²) in [5.41, 5.74) is 2.46. The van der Waals surface area contributed by atoms with E-state index in [-0.39, 0.29) is 0 Å². The summed E-state index contributed by atoms with van der Waals surface area (Å²) in [7, 11) is 0. The van der Waals surface area contributed by atoms with Gasteiger partial charge in [0.25, 0.3) is 0 Å². The highest BCUT2D eigenvalue weighted by Gasteiger charge is 2.18. The molecule has 0 bridgehead atoms. The van der Waals surface area contributed by atoms with Crippen molar-refractivity contribution in [2.24, 2.45) is 0 Å². The van der Waals surface area contributed by atoms with Gasteiger partial charge >= 0.3 is 0 Å². The van der Waals surface area contributed by atoms with Gasteiger partial charge < -0.3 is 5.11 Å². The molecule has 88 valence electrons. The third kappa shape index (κ3) is 2.02. The predicted molar refractivity (Wildman–Crippen MR) is 70.3 cm³/mol. The smallest absolute Gasteiger partial charge is 0.119 e. The second-order valence-electron chi connectivity index (χ2n) is 5.04. The minimum atomic E-state index is 0.417. The lowest BCUT2D eigenvalue weighted by molar-refractivity contribution is 0.464. The van der Waals surface area contributed by atoms with Crippen LogP contribution in [0.4, 0.5) is 0 Å². The van der Waals surface area contributed by atoms with Gasteiger partial charge in [0.15, 0.2) is 0 Å². The van der Waals surface area contributed by atoms with Crippen LogP contribution in [0.2, 0.25) is 0 Å². The zero-order valence-electron chi connectivity index (χ0n) is 9.97. The molecular weight excluding hydrogens is 208 g/mol. The molecule has 1 aromatic rings. The highest BCUT2D eigenvalue weighted by atomic mass is 16.3. The summed E-state index contributed by atoms with van der Waals surface area (Å²) in [6, 6.07) is 6.14. The van der Waals surface area contributed by atoms with Crippen LogP contribution in [0.1, 0.15) is 48.6 Å². The Kier molecular flexibility index (Phi) is 2.76. The summed E-state index contributed by atoms with van der Waals surface area (Å²) in [5.74, 6) is 1.42. The molecule has 0 spiro atoms. The van der Waals surface area contributed by atoms with Gasteiger partial charge in [-0.2, -0.15) is 0 Å². The van der Waals surface area contributed by atoms with Crippen LogP contribution in [0.25, 0.3) is 0 Å². The fourth-order valence-electron chi connectivity index (χ4n) is 2.90. The molecule has 0 saturated heterocycles. The van der Waals surface area contributed by atoms with Crippen LogP contribution < -0.4 is 0 Å². The van der Waals surface area contributed by atoms with Gasteiger partial charge in [-0.1, -0.05) is 36.4 Å². The molecule has 17 heavy (non-hydrogen) atoms. The number of hydrogen-bond acceptors (Lipinski definition) is 1. The Labute approximate surface area is 102 Å². The maximum Gasteiger partial charge on any atom is 0.119 e. The fraction of sp³-hybridized carbons (Fsp3) is 0.375. The zero-order chi connectivity index (χ0) is 11.7. The van der Waals surface area contributed by atoms with E-state index in [9.17, 15) is 5.11 Å². The van der Waals surface area contributed by atoms with Gasteiger partial charge in [0.1, 0.15) is 5.75 Å². The van der Waals surface area contributed by atoms with Gasteiger partial charge in [-0.15, -0.1) is 0 Å². The van der Waals surface area contributed by atoms with Crippen LogP contribution in [0.5, 0.6) is 5.75 Å². The van der Waals surface area contributed by atoms with E-state index in [0.717, 1.165) is 18.4 Å². The third-order valence-corrected chi connectivity index (χ3v) is 3.90. The maximum atomic E-state index is 9.99.